The van der Waals surface area contributed by atoms with Crippen LogP contribution in [0.4, 0.5) is 5.69 Å². The van der Waals surface area contributed by atoms with E-state index >= 15 is 0 Å². The van der Waals surface area contributed by atoms with Gasteiger partial charge in [-0.15, -0.1) is 0 Å². The average Bonchev–Trinajstić information content (AvgIpc) is 3.00. The van der Waals surface area contributed by atoms with Crippen LogP contribution in [0.2, 0.25) is 0 Å². The number of hydrazone groups is 1. The third-order valence-corrected chi connectivity index (χ3v) is 4.81. The highest BCUT2D eigenvalue weighted by Crippen LogP contribution is 2.36. The second kappa shape index (κ2) is 7.15. The second-order valence-corrected chi connectivity index (χ2v) is 6.53. The quantitative estimate of drug-likeness (QED) is 0.551. The lowest BCUT2D eigenvalue weighted by atomic mass is 10.1. The van der Waals surface area contributed by atoms with Crippen LogP contribution >= 0.6 is 0 Å². The van der Waals surface area contributed by atoms with Gasteiger partial charge in [-0.25, -0.2) is 5.43 Å². The van der Waals surface area contributed by atoms with E-state index in [2.05, 4.69) is 10.5 Å². The van der Waals surface area contributed by atoms with Crippen molar-refractivity contribution in [1.29, 1.82) is 0 Å². The predicted molar refractivity (Wildman–Crippen MR) is 109 cm³/mol. The molecule has 3 aromatic carbocycles. The van der Waals surface area contributed by atoms with Gasteiger partial charge in [-0.1, -0.05) is 24.3 Å². The summed E-state index contributed by atoms with van der Waals surface area (Å²) in [6.07, 6.45) is 0. The van der Waals surface area contributed by atoms with Crippen molar-refractivity contribution in [3.05, 3.63) is 71.8 Å². The highest BCUT2D eigenvalue weighted by molar-refractivity contribution is 6.26. The summed E-state index contributed by atoms with van der Waals surface area (Å²) in [5.74, 6) is 0.228. The molecule has 6 nitrogen and oxygen atoms in total. The van der Waals surface area contributed by atoms with E-state index in [4.69, 9.17) is 4.74 Å². The lowest BCUT2D eigenvalue weighted by molar-refractivity contribution is -0.119. The third-order valence-electron chi connectivity index (χ3n) is 4.81. The predicted octanol–water partition coefficient (Wildman–Crippen LogP) is 3.35. The minimum absolute atomic E-state index is 0.0913. The summed E-state index contributed by atoms with van der Waals surface area (Å²) in [7, 11) is 1.61. The van der Waals surface area contributed by atoms with E-state index in [1.807, 2.05) is 54.6 Å². The molecule has 0 fully saturated rings. The van der Waals surface area contributed by atoms with Crippen molar-refractivity contribution < 1.29 is 14.3 Å². The summed E-state index contributed by atoms with van der Waals surface area (Å²) in [5, 5.41) is 6.03. The van der Waals surface area contributed by atoms with Gasteiger partial charge in [0.05, 0.1) is 18.5 Å². The fourth-order valence-corrected chi connectivity index (χ4v) is 3.36. The molecule has 0 aliphatic carbocycles. The summed E-state index contributed by atoms with van der Waals surface area (Å²) >= 11 is 0. The average molecular weight is 373 g/mol. The smallest absolute Gasteiger partial charge is 0.260 e. The lowest BCUT2D eigenvalue weighted by Gasteiger charge is -2.16. The van der Waals surface area contributed by atoms with Crippen LogP contribution in [0.3, 0.4) is 0 Å². The Bertz CT molecular complexity index is 1100. The van der Waals surface area contributed by atoms with Crippen molar-refractivity contribution in [2.45, 2.75) is 6.92 Å². The van der Waals surface area contributed by atoms with Gasteiger partial charge in [0.2, 0.25) is 0 Å². The van der Waals surface area contributed by atoms with Crippen LogP contribution in [-0.2, 0) is 4.79 Å². The third kappa shape index (κ3) is 3.09. The fourth-order valence-electron chi connectivity index (χ4n) is 3.36. The molecule has 28 heavy (non-hydrogen) atoms. The molecule has 3 aromatic rings. The first-order valence-electron chi connectivity index (χ1n) is 8.89. The molecule has 1 N–H and O–H groups in total. The zero-order valence-corrected chi connectivity index (χ0v) is 15.6. The van der Waals surface area contributed by atoms with E-state index in [-0.39, 0.29) is 18.4 Å². The highest BCUT2D eigenvalue weighted by Gasteiger charge is 2.30. The molecule has 0 unspecified atom stereocenters. The van der Waals surface area contributed by atoms with Gasteiger partial charge < -0.3 is 4.74 Å². The van der Waals surface area contributed by atoms with E-state index in [1.54, 1.807) is 20.1 Å². The van der Waals surface area contributed by atoms with Crippen molar-refractivity contribution >= 4 is 34.0 Å². The number of carbonyl (C=O) groups excluding carboxylic acids is 2. The van der Waals surface area contributed by atoms with Crippen molar-refractivity contribution in [2.24, 2.45) is 5.10 Å². The Kier molecular flexibility index (Phi) is 4.53. The maximum atomic E-state index is 12.7. The molecule has 1 aliphatic rings. The molecular formula is C22H19N3O3. The fraction of sp³-hybridized carbons (Fsp3) is 0.136. The van der Waals surface area contributed by atoms with Crippen LogP contribution in [0.5, 0.6) is 5.75 Å². The largest absolute Gasteiger partial charge is 0.497 e. The van der Waals surface area contributed by atoms with E-state index < -0.39 is 0 Å². The van der Waals surface area contributed by atoms with Crippen molar-refractivity contribution in [1.82, 2.24) is 5.43 Å². The summed E-state index contributed by atoms with van der Waals surface area (Å²) in [6, 6.07) is 18.7. The van der Waals surface area contributed by atoms with Gasteiger partial charge in [0.15, 0.2) is 0 Å². The molecule has 4 rings (SSSR count). The van der Waals surface area contributed by atoms with E-state index in [0.29, 0.717) is 11.3 Å². The van der Waals surface area contributed by atoms with E-state index in [1.165, 1.54) is 4.90 Å². The number of anilines is 1. The van der Waals surface area contributed by atoms with Gasteiger partial charge in [-0.05, 0) is 54.3 Å². The topological polar surface area (TPSA) is 71.0 Å². The zero-order valence-electron chi connectivity index (χ0n) is 15.6. The molecule has 0 atom stereocenters. The summed E-state index contributed by atoms with van der Waals surface area (Å²) in [6.45, 7) is 1.71. The van der Waals surface area contributed by atoms with E-state index in [0.717, 1.165) is 27.8 Å². The standard InChI is InChI=1S/C22H19N3O3/c1-14(15-9-11-17(28-2)12-10-15)23-24-20(26)13-25-19-8-4-6-16-5-3-7-18(21(16)19)22(25)27/h3-12H,13H2,1-2H3,(H,24,26)/b23-14-. The normalized spacial score (nSPS) is 13.1. The van der Waals surface area contributed by atoms with Gasteiger partial charge in [0, 0.05) is 10.9 Å². The van der Waals surface area contributed by atoms with Crippen molar-refractivity contribution in [2.75, 3.05) is 18.6 Å². The van der Waals surface area contributed by atoms with Gasteiger partial charge >= 0.3 is 0 Å². The van der Waals surface area contributed by atoms with Crippen LogP contribution in [0, 0.1) is 0 Å². The Morgan fingerprint density at radius 3 is 2.50 bits per heavy atom. The Morgan fingerprint density at radius 1 is 1.07 bits per heavy atom. The Hall–Kier alpha value is -3.67. The Morgan fingerprint density at radius 2 is 1.79 bits per heavy atom. The number of rotatable bonds is 5. The molecule has 0 saturated heterocycles. The van der Waals surface area contributed by atoms with Crippen molar-refractivity contribution in [3.63, 3.8) is 0 Å². The number of carbonyl (C=O) groups is 2. The first-order valence-corrected chi connectivity index (χ1v) is 8.89. The number of nitrogens with one attached hydrogen (secondary N) is 1. The monoisotopic (exact) mass is 373 g/mol. The molecule has 0 saturated carbocycles. The van der Waals surface area contributed by atoms with Crippen LogP contribution in [0.15, 0.2) is 65.8 Å². The summed E-state index contributed by atoms with van der Waals surface area (Å²) in [5.41, 5.74) is 5.45. The maximum absolute atomic E-state index is 12.7. The zero-order chi connectivity index (χ0) is 19.7. The molecular weight excluding hydrogens is 354 g/mol. The molecule has 1 aliphatic heterocycles. The molecule has 0 aromatic heterocycles. The number of benzene rings is 3. The first-order chi connectivity index (χ1) is 13.6. The molecule has 0 radical (unpaired) electrons. The number of nitrogens with zero attached hydrogens (tertiary/aromatic N) is 2. The lowest BCUT2D eigenvalue weighted by Crippen LogP contribution is -2.37. The van der Waals surface area contributed by atoms with Gasteiger partial charge in [0.1, 0.15) is 12.3 Å². The Labute approximate surface area is 162 Å². The maximum Gasteiger partial charge on any atom is 0.260 e. The molecule has 0 bridgehead atoms. The molecule has 1 heterocycles. The first kappa shape index (κ1) is 17.7. The summed E-state index contributed by atoms with van der Waals surface area (Å²) in [4.78, 5) is 26.6. The molecule has 0 spiro atoms. The van der Waals surface area contributed by atoms with Gasteiger partial charge in [0.25, 0.3) is 11.8 Å². The molecule has 2 amide bonds. The van der Waals surface area contributed by atoms with Gasteiger partial charge in [-0.2, -0.15) is 5.10 Å². The van der Waals surface area contributed by atoms with Crippen LogP contribution in [0.25, 0.3) is 10.8 Å². The van der Waals surface area contributed by atoms with Crippen LogP contribution in [-0.4, -0.2) is 31.2 Å². The number of amides is 2. The SMILES string of the molecule is COc1ccc(/C(C)=N\NC(=O)CN2C(=O)c3cccc4cccc2c34)cc1. The number of ether oxygens (including phenoxy) is 1. The van der Waals surface area contributed by atoms with E-state index in [9.17, 15) is 9.59 Å². The highest BCUT2D eigenvalue weighted by atomic mass is 16.5. The minimum atomic E-state index is -0.356. The summed E-state index contributed by atoms with van der Waals surface area (Å²) < 4.78 is 5.13. The van der Waals surface area contributed by atoms with Crippen LogP contribution in [0.1, 0.15) is 22.8 Å². The van der Waals surface area contributed by atoms with Gasteiger partial charge in [-0.3, -0.25) is 14.5 Å². The van der Waals surface area contributed by atoms with Crippen LogP contribution < -0.4 is 15.1 Å². The van der Waals surface area contributed by atoms with Crippen molar-refractivity contribution in [3.8, 4) is 5.75 Å². The number of hydrogen-bond acceptors (Lipinski definition) is 4. The number of hydrogen-bond donors (Lipinski definition) is 1. The molecule has 140 valence electrons. The molecule has 6 heteroatoms. The Balaban J connectivity index is 1.48. The number of methoxy groups -OCH3 is 1. The minimum Gasteiger partial charge on any atom is -0.497 e. The second-order valence-electron chi connectivity index (χ2n) is 6.53.